The fourth-order valence-corrected chi connectivity index (χ4v) is 2.96. The van der Waals surface area contributed by atoms with Gasteiger partial charge in [0.05, 0.1) is 15.7 Å². The molecule has 1 aliphatic heterocycles. The van der Waals surface area contributed by atoms with Crippen LogP contribution in [0.15, 0.2) is 36.4 Å². The van der Waals surface area contributed by atoms with E-state index in [1.54, 1.807) is 28.0 Å². The summed E-state index contributed by atoms with van der Waals surface area (Å²) in [6.07, 6.45) is 0. The fraction of sp³-hybridized carbons (Fsp3) is 0.235. The lowest BCUT2D eigenvalue weighted by molar-refractivity contribution is 0.208. The first-order valence-electron chi connectivity index (χ1n) is 7.65. The predicted octanol–water partition coefficient (Wildman–Crippen LogP) is 4.63. The van der Waals surface area contributed by atoms with Gasteiger partial charge in [-0.05, 0) is 30.3 Å². The van der Waals surface area contributed by atoms with Gasteiger partial charge < -0.3 is 15.1 Å². The quantitative estimate of drug-likeness (QED) is 0.817. The molecule has 132 valence electrons. The van der Waals surface area contributed by atoms with E-state index < -0.39 is 11.6 Å². The first-order valence-corrected chi connectivity index (χ1v) is 8.40. The number of halogens is 4. The molecular weight excluding hydrogens is 371 g/mol. The van der Waals surface area contributed by atoms with Crippen LogP contribution in [0.3, 0.4) is 0 Å². The lowest BCUT2D eigenvalue weighted by Crippen LogP contribution is -2.50. The van der Waals surface area contributed by atoms with Crippen LogP contribution in [0.1, 0.15) is 0 Å². The molecule has 4 nitrogen and oxygen atoms in total. The molecule has 2 aromatic rings. The van der Waals surface area contributed by atoms with E-state index in [-0.39, 0.29) is 6.03 Å². The second-order valence-electron chi connectivity index (χ2n) is 5.63. The zero-order valence-corrected chi connectivity index (χ0v) is 14.6. The van der Waals surface area contributed by atoms with E-state index in [4.69, 9.17) is 23.2 Å². The molecule has 1 aliphatic rings. The number of nitrogens with one attached hydrogen (secondary N) is 1. The third-order valence-electron chi connectivity index (χ3n) is 3.99. The van der Waals surface area contributed by atoms with Crippen molar-refractivity contribution in [3.8, 4) is 0 Å². The molecule has 1 heterocycles. The van der Waals surface area contributed by atoms with Gasteiger partial charge in [0.2, 0.25) is 0 Å². The smallest absolute Gasteiger partial charge is 0.321 e. The van der Waals surface area contributed by atoms with Crippen LogP contribution in [0.5, 0.6) is 0 Å². The normalized spacial score (nSPS) is 14.6. The lowest BCUT2D eigenvalue weighted by Gasteiger charge is -2.36. The highest BCUT2D eigenvalue weighted by Crippen LogP contribution is 2.25. The third kappa shape index (κ3) is 4.14. The molecule has 8 heteroatoms. The number of urea groups is 1. The standard InChI is InChI=1S/C17H15Cl2F2N3O/c18-13-3-2-12(10-14(13)19)22-17(25)24-7-5-23(6-8-24)16-4-1-11(20)9-15(16)21/h1-4,9-10H,5-8H2,(H,22,25). The highest BCUT2D eigenvalue weighted by Gasteiger charge is 2.23. The summed E-state index contributed by atoms with van der Waals surface area (Å²) in [5.41, 5.74) is 0.886. The van der Waals surface area contributed by atoms with Crippen LogP contribution in [-0.2, 0) is 0 Å². The fourth-order valence-electron chi connectivity index (χ4n) is 2.66. The summed E-state index contributed by atoms with van der Waals surface area (Å²) in [6, 6.07) is 8.07. The molecule has 0 unspecified atom stereocenters. The zero-order valence-electron chi connectivity index (χ0n) is 13.1. The first kappa shape index (κ1) is 17.8. The summed E-state index contributed by atoms with van der Waals surface area (Å²) in [5.74, 6) is -1.21. The van der Waals surface area contributed by atoms with Gasteiger partial charge in [0, 0.05) is 37.9 Å². The van der Waals surface area contributed by atoms with E-state index in [1.807, 2.05) is 0 Å². The molecule has 2 amide bonds. The number of anilines is 2. The number of carbonyl (C=O) groups excluding carboxylic acids is 1. The van der Waals surface area contributed by atoms with Crippen molar-refractivity contribution in [1.82, 2.24) is 4.90 Å². The monoisotopic (exact) mass is 385 g/mol. The molecule has 0 atom stereocenters. The Morgan fingerprint density at radius 3 is 2.32 bits per heavy atom. The number of rotatable bonds is 2. The molecule has 0 spiro atoms. The molecular formula is C17H15Cl2F2N3O. The van der Waals surface area contributed by atoms with E-state index in [0.717, 1.165) is 6.07 Å². The summed E-state index contributed by atoms with van der Waals surface area (Å²) in [7, 11) is 0. The van der Waals surface area contributed by atoms with Gasteiger partial charge in [-0.3, -0.25) is 0 Å². The van der Waals surface area contributed by atoms with Crippen molar-refractivity contribution < 1.29 is 13.6 Å². The zero-order chi connectivity index (χ0) is 18.0. The minimum absolute atomic E-state index is 0.266. The number of hydrogen-bond donors (Lipinski definition) is 1. The average molecular weight is 386 g/mol. The van der Waals surface area contributed by atoms with Gasteiger partial charge >= 0.3 is 6.03 Å². The summed E-state index contributed by atoms with van der Waals surface area (Å²) in [6.45, 7) is 1.75. The Morgan fingerprint density at radius 1 is 0.960 bits per heavy atom. The van der Waals surface area contributed by atoms with Crippen molar-refractivity contribution in [3.63, 3.8) is 0 Å². The summed E-state index contributed by atoms with van der Waals surface area (Å²) < 4.78 is 26.9. The van der Waals surface area contributed by atoms with E-state index in [2.05, 4.69) is 5.32 Å². The SMILES string of the molecule is O=C(Nc1ccc(Cl)c(Cl)c1)N1CCN(c2ccc(F)cc2F)CC1. The van der Waals surface area contributed by atoms with E-state index in [1.165, 1.54) is 12.1 Å². The molecule has 3 rings (SSSR count). The highest BCUT2D eigenvalue weighted by molar-refractivity contribution is 6.42. The molecule has 2 aromatic carbocycles. The minimum atomic E-state index is -0.610. The van der Waals surface area contributed by atoms with Crippen molar-refractivity contribution in [2.45, 2.75) is 0 Å². The van der Waals surface area contributed by atoms with Crippen molar-refractivity contribution in [2.24, 2.45) is 0 Å². The number of piperazine rings is 1. The van der Waals surface area contributed by atoms with Crippen LogP contribution in [0.2, 0.25) is 10.0 Å². The summed E-state index contributed by atoms with van der Waals surface area (Å²) in [5, 5.41) is 3.52. The molecule has 0 aromatic heterocycles. The Hall–Kier alpha value is -2.05. The molecule has 1 saturated heterocycles. The second kappa shape index (κ2) is 7.45. The first-order chi connectivity index (χ1) is 11.9. The molecule has 0 aliphatic carbocycles. The van der Waals surface area contributed by atoms with Gasteiger partial charge in [-0.25, -0.2) is 13.6 Å². The van der Waals surface area contributed by atoms with Crippen LogP contribution >= 0.6 is 23.2 Å². The number of benzene rings is 2. The number of hydrogen-bond acceptors (Lipinski definition) is 2. The Kier molecular flexibility index (Phi) is 5.30. The maximum absolute atomic E-state index is 13.9. The van der Waals surface area contributed by atoms with Crippen molar-refractivity contribution >= 4 is 40.6 Å². The molecule has 1 fully saturated rings. The van der Waals surface area contributed by atoms with Crippen LogP contribution in [0, 0.1) is 11.6 Å². The molecule has 0 radical (unpaired) electrons. The van der Waals surface area contributed by atoms with Gasteiger partial charge in [-0.15, -0.1) is 0 Å². The summed E-state index contributed by atoms with van der Waals surface area (Å²) in [4.78, 5) is 15.7. The Morgan fingerprint density at radius 2 is 1.68 bits per heavy atom. The molecule has 0 bridgehead atoms. The van der Waals surface area contributed by atoms with Crippen LogP contribution in [-0.4, -0.2) is 37.1 Å². The van der Waals surface area contributed by atoms with Crippen LogP contribution < -0.4 is 10.2 Å². The second-order valence-corrected chi connectivity index (χ2v) is 6.44. The summed E-state index contributed by atoms with van der Waals surface area (Å²) >= 11 is 11.8. The largest absolute Gasteiger partial charge is 0.366 e. The van der Waals surface area contributed by atoms with Gasteiger partial charge in [0.15, 0.2) is 0 Å². The van der Waals surface area contributed by atoms with Gasteiger partial charge in [0.1, 0.15) is 11.6 Å². The van der Waals surface area contributed by atoms with E-state index in [0.29, 0.717) is 47.6 Å². The Bertz CT molecular complexity index is 795. The van der Waals surface area contributed by atoms with Crippen molar-refractivity contribution in [3.05, 3.63) is 58.1 Å². The Labute approximate surface area is 153 Å². The maximum Gasteiger partial charge on any atom is 0.321 e. The average Bonchev–Trinajstić information content (AvgIpc) is 2.58. The van der Waals surface area contributed by atoms with Crippen LogP contribution in [0.4, 0.5) is 25.0 Å². The predicted molar refractivity (Wildman–Crippen MR) is 95.6 cm³/mol. The molecule has 0 saturated carbocycles. The number of amides is 2. The Balaban J connectivity index is 1.59. The maximum atomic E-state index is 13.9. The highest BCUT2D eigenvalue weighted by atomic mass is 35.5. The number of nitrogens with zero attached hydrogens (tertiary/aromatic N) is 2. The van der Waals surface area contributed by atoms with Gasteiger partial charge in [-0.2, -0.15) is 0 Å². The van der Waals surface area contributed by atoms with Gasteiger partial charge in [-0.1, -0.05) is 23.2 Å². The van der Waals surface area contributed by atoms with Crippen molar-refractivity contribution in [1.29, 1.82) is 0 Å². The number of carbonyl (C=O) groups is 1. The minimum Gasteiger partial charge on any atom is -0.366 e. The molecule has 1 N–H and O–H groups in total. The third-order valence-corrected chi connectivity index (χ3v) is 4.73. The van der Waals surface area contributed by atoms with Crippen molar-refractivity contribution in [2.75, 3.05) is 36.4 Å². The topological polar surface area (TPSA) is 35.6 Å². The van der Waals surface area contributed by atoms with Crippen LogP contribution in [0.25, 0.3) is 0 Å². The molecule has 25 heavy (non-hydrogen) atoms. The van der Waals surface area contributed by atoms with Gasteiger partial charge in [0.25, 0.3) is 0 Å². The lowest BCUT2D eigenvalue weighted by atomic mass is 10.2. The van der Waals surface area contributed by atoms with E-state index >= 15 is 0 Å². The van der Waals surface area contributed by atoms with E-state index in [9.17, 15) is 13.6 Å².